The molecule has 6 rings (SSSR count). The Hall–Kier alpha value is -2.94. The number of piperidine rings is 1. The lowest BCUT2D eigenvalue weighted by Gasteiger charge is -2.40. The molecule has 3 heterocycles. The van der Waals surface area contributed by atoms with Gasteiger partial charge in [0.05, 0.1) is 34.0 Å². The molecule has 0 saturated carbocycles. The molecule has 3 atom stereocenters. The van der Waals surface area contributed by atoms with Crippen LogP contribution in [0.5, 0.6) is 0 Å². The average molecular weight is 622 g/mol. The zero-order valence-electron chi connectivity index (χ0n) is 24.4. The van der Waals surface area contributed by atoms with Crippen molar-refractivity contribution in [2.75, 3.05) is 19.7 Å². The quantitative estimate of drug-likeness (QED) is 0.192. The third-order valence-electron chi connectivity index (χ3n) is 9.07. The van der Waals surface area contributed by atoms with Crippen molar-refractivity contribution in [2.45, 2.75) is 67.9 Å². The van der Waals surface area contributed by atoms with Gasteiger partial charge in [0.1, 0.15) is 5.83 Å². The van der Waals surface area contributed by atoms with E-state index in [2.05, 4.69) is 6.92 Å². The molecule has 2 aromatic carbocycles. The lowest BCUT2D eigenvalue weighted by atomic mass is 9.79. The van der Waals surface area contributed by atoms with Gasteiger partial charge in [0.15, 0.2) is 5.16 Å². The molecule has 3 aromatic rings. The fourth-order valence-electron chi connectivity index (χ4n) is 6.59. The summed E-state index contributed by atoms with van der Waals surface area (Å²) in [4.78, 5) is 34.7. The van der Waals surface area contributed by atoms with Crippen LogP contribution in [0, 0.1) is 11.8 Å². The summed E-state index contributed by atoms with van der Waals surface area (Å²) in [5, 5.41) is 1.15. The molecular formula is C34H37ClFN3O3S. The number of fused-ring (bicyclic) bond motifs is 1. The third kappa shape index (κ3) is 6.47. The van der Waals surface area contributed by atoms with Crippen LogP contribution in [0.15, 0.2) is 82.5 Å². The van der Waals surface area contributed by atoms with Crippen LogP contribution in [-0.2, 0) is 9.53 Å². The van der Waals surface area contributed by atoms with Crippen molar-refractivity contribution in [1.29, 1.82) is 0 Å². The van der Waals surface area contributed by atoms with Gasteiger partial charge in [0, 0.05) is 18.1 Å². The molecule has 1 spiro atoms. The fraction of sp³-hybridized carbons (Fsp3) is 0.441. The van der Waals surface area contributed by atoms with Gasteiger partial charge in [-0.3, -0.25) is 14.2 Å². The normalized spacial score (nSPS) is 22.2. The number of thioether (sulfide) groups is 1. The van der Waals surface area contributed by atoms with Gasteiger partial charge >= 0.3 is 0 Å². The van der Waals surface area contributed by atoms with Crippen molar-refractivity contribution in [3.63, 3.8) is 0 Å². The summed E-state index contributed by atoms with van der Waals surface area (Å²) in [5.74, 6) is 0.604. The first-order valence-corrected chi connectivity index (χ1v) is 16.5. The van der Waals surface area contributed by atoms with E-state index in [1.807, 2.05) is 41.3 Å². The predicted molar refractivity (Wildman–Crippen MR) is 171 cm³/mol. The molecule has 6 nitrogen and oxygen atoms in total. The van der Waals surface area contributed by atoms with Crippen LogP contribution in [0.1, 0.15) is 51.9 Å². The fourth-order valence-corrected chi connectivity index (χ4v) is 8.00. The number of aromatic nitrogens is 2. The zero-order valence-corrected chi connectivity index (χ0v) is 26.0. The lowest BCUT2D eigenvalue weighted by molar-refractivity contribution is -0.135. The van der Waals surface area contributed by atoms with Crippen molar-refractivity contribution in [2.24, 2.45) is 11.8 Å². The highest BCUT2D eigenvalue weighted by Gasteiger charge is 2.45. The minimum atomic E-state index is -0.376. The SMILES string of the molecule is CCCCC(Sc1nc2ccccc2c(=O)n1-c1cccc(Cl)c1)C(=O)N1CCC2(CC1)CC(C1C=CC(F)=CC1)CO2. The first-order valence-electron chi connectivity index (χ1n) is 15.3. The minimum absolute atomic E-state index is 0.0822. The largest absolute Gasteiger partial charge is 0.375 e. The van der Waals surface area contributed by atoms with E-state index in [-0.39, 0.29) is 28.1 Å². The van der Waals surface area contributed by atoms with E-state index >= 15 is 0 Å². The molecule has 1 aromatic heterocycles. The summed E-state index contributed by atoms with van der Waals surface area (Å²) in [6.07, 6.45) is 11.0. The molecule has 9 heteroatoms. The number of hydrogen-bond acceptors (Lipinski definition) is 5. The van der Waals surface area contributed by atoms with Gasteiger partial charge in [0.25, 0.3) is 5.56 Å². The van der Waals surface area contributed by atoms with Crippen LogP contribution >= 0.6 is 23.4 Å². The first kappa shape index (κ1) is 30.1. The third-order valence-corrected chi connectivity index (χ3v) is 10.5. The molecular weight excluding hydrogens is 585 g/mol. The number of halogens is 2. The number of allylic oxidation sites excluding steroid dienone is 4. The second-order valence-electron chi connectivity index (χ2n) is 11.9. The minimum Gasteiger partial charge on any atom is -0.375 e. The number of nitrogens with zero attached hydrogens (tertiary/aromatic N) is 3. The lowest BCUT2D eigenvalue weighted by Crippen LogP contribution is -2.49. The van der Waals surface area contributed by atoms with Crippen LogP contribution in [0.2, 0.25) is 5.02 Å². The molecule has 226 valence electrons. The van der Waals surface area contributed by atoms with Crippen LogP contribution in [0.4, 0.5) is 4.39 Å². The summed E-state index contributed by atoms with van der Waals surface area (Å²) in [6, 6.07) is 14.5. The Morgan fingerprint density at radius 1 is 1.21 bits per heavy atom. The van der Waals surface area contributed by atoms with Gasteiger partial charge in [-0.05, 0) is 86.4 Å². The number of hydrogen-bond donors (Lipinski definition) is 0. The topological polar surface area (TPSA) is 64.4 Å². The Morgan fingerprint density at radius 2 is 2.02 bits per heavy atom. The van der Waals surface area contributed by atoms with E-state index in [9.17, 15) is 14.0 Å². The Kier molecular flexibility index (Phi) is 9.08. The van der Waals surface area contributed by atoms with Gasteiger partial charge in [0.2, 0.25) is 5.91 Å². The Labute approximate surface area is 261 Å². The number of rotatable bonds is 8. The molecule has 0 bridgehead atoms. The summed E-state index contributed by atoms with van der Waals surface area (Å²) in [7, 11) is 0. The number of benzene rings is 2. The van der Waals surface area contributed by atoms with E-state index in [0.29, 0.717) is 64.7 Å². The summed E-state index contributed by atoms with van der Waals surface area (Å²) in [6.45, 7) is 4.07. The Morgan fingerprint density at radius 3 is 2.77 bits per heavy atom. The van der Waals surface area contributed by atoms with Gasteiger partial charge in [-0.1, -0.05) is 67.4 Å². The first-order chi connectivity index (χ1) is 20.9. The number of amides is 1. The van der Waals surface area contributed by atoms with E-state index in [1.54, 1.807) is 34.9 Å². The monoisotopic (exact) mass is 621 g/mol. The van der Waals surface area contributed by atoms with Gasteiger partial charge in [-0.15, -0.1) is 0 Å². The van der Waals surface area contributed by atoms with Crippen molar-refractivity contribution < 1.29 is 13.9 Å². The van der Waals surface area contributed by atoms with E-state index in [4.69, 9.17) is 21.3 Å². The summed E-state index contributed by atoms with van der Waals surface area (Å²) >= 11 is 7.69. The molecule has 3 aliphatic rings. The van der Waals surface area contributed by atoms with Crippen LogP contribution < -0.4 is 5.56 Å². The second kappa shape index (κ2) is 13.0. The number of para-hydroxylation sites is 1. The number of carbonyl (C=O) groups excluding carboxylic acids is 1. The zero-order chi connectivity index (χ0) is 30.0. The van der Waals surface area contributed by atoms with Crippen LogP contribution in [-0.4, -0.2) is 50.9 Å². The standard InChI is InChI=1S/C34H37ClFN3O3S/c1-2-3-11-30(32(41)38-18-16-34(17-19-38)21-24(22-42-34)23-12-14-26(36)15-13-23)43-33-37-29-10-5-4-9-28(29)31(40)39(33)27-8-6-7-25(35)20-27/h4-10,12,14-15,20,23-24,30H,2-3,11,13,16-19,21-22H2,1H3. The number of unbranched alkanes of at least 4 members (excludes halogenated alkanes) is 1. The highest BCUT2D eigenvalue weighted by molar-refractivity contribution is 8.00. The molecule has 1 amide bonds. The van der Waals surface area contributed by atoms with Crippen molar-refractivity contribution >= 4 is 40.2 Å². The smallest absolute Gasteiger partial charge is 0.266 e. The van der Waals surface area contributed by atoms with E-state index < -0.39 is 0 Å². The number of likely N-dealkylation sites (tertiary alicyclic amines) is 1. The number of ether oxygens (including phenoxy) is 1. The molecule has 2 fully saturated rings. The maximum absolute atomic E-state index is 14.1. The van der Waals surface area contributed by atoms with E-state index in [1.165, 1.54) is 11.8 Å². The highest BCUT2D eigenvalue weighted by atomic mass is 35.5. The molecule has 0 radical (unpaired) electrons. The summed E-state index contributed by atoms with van der Waals surface area (Å²) in [5.41, 5.74) is 0.831. The van der Waals surface area contributed by atoms with Gasteiger partial charge in [-0.25, -0.2) is 9.37 Å². The van der Waals surface area contributed by atoms with Crippen molar-refractivity contribution in [1.82, 2.24) is 14.5 Å². The number of carbonyl (C=O) groups is 1. The Bertz CT molecular complexity index is 1610. The van der Waals surface area contributed by atoms with E-state index in [0.717, 1.165) is 38.5 Å². The second-order valence-corrected chi connectivity index (χ2v) is 13.5. The molecule has 0 N–H and O–H groups in total. The average Bonchev–Trinajstić information content (AvgIpc) is 3.43. The molecule has 43 heavy (non-hydrogen) atoms. The highest BCUT2D eigenvalue weighted by Crippen LogP contribution is 2.43. The summed E-state index contributed by atoms with van der Waals surface area (Å²) < 4.78 is 21.5. The van der Waals surface area contributed by atoms with Gasteiger partial charge < -0.3 is 9.64 Å². The maximum Gasteiger partial charge on any atom is 0.266 e. The molecule has 2 saturated heterocycles. The molecule has 1 aliphatic carbocycles. The Balaban J connectivity index is 1.21. The predicted octanol–water partition coefficient (Wildman–Crippen LogP) is 7.52. The van der Waals surface area contributed by atoms with Crippen LogP contribution in [0.25, 0.3) is 16.6 Å². The van der Waals surface area contributed by atoms with Gasteiger partial charge in [-0.2, -0.15) is 0 Å². The molecule has 3 unspecified atom stereocenters. The molecule has 2 aliphatic heterocycles. The van der Waals surface area contributed by atoms with Crippen LogP contribution in [0.3, 0.4) is 0 Å². The van der Waals surface area contributed by atoms with Crippen molar-refractivity contribution in [3.05, 3.63) is 88.0 Å². The van der Waals surface area contributed by atoms with Crippen molar-refractivity contribution in [3.8, 4) is 5.69 Å². The maximum atomic E-state index is 14.1.